The number of hydrogen-bond acceptors (Lipinski definition) is 1. The van der Waals surface area contributed by atoms with Gasteiger partial charge >= 0.3 is 0 Å². The molecule has 0 aliphatic carbocycles. The summed E-state index contributed by atoms with van der Waals surface area (Å²) in [5.74, 6) is 0.556. The van der Waals surface area contributed by atoms with Crippen LogP contribution in [0.4, 0.5) is 0 Å². The third-order valence-electron chi connectivity index (χ3n) is 3.46. The zero-order valence-electron chi connectivity index (χ0n) is 12.0. The van der Waals surface area contributed by atoms with E-state index in [1.54, 1.807) is 0 Å². The molecule has 0 saturated carbocycles. The molecule has 20 heavy (non-hydrogen) atoms. The topological polar surface area (TPSA) is 17.0 Å². The molecule has 1 aromatic heterocycles. The van der Waals surface area contributed by atoms with Gasteiger partial charge in [0.1, 0.15) is 0 Å². The molecule has 0 fully saturated rings. The van der Waals surface area contributed by atoms with Crippen molar-refractivity contribution < 1.29 is 0 Å². The molecule has 0 saturated heterocycles. The summed E-state index contributed by atoms with van der Waals surface area (Å²) in [6.07, 6.45) is 4.29. The Morgan fingerprint density at radius 3 is 2.50 bits per heavy atom. The average Bonchev–Trinajstić information content (AvgIpc) is 2.82. The predicted octanol–water partition coefficient (Wildman–Crippen LogP) is 4.76. The molecule has 0 bridgehead atoms. The monoisotopic (exact) mass is 310 g/mol. The fourth-order valence-corrected chi connectivity index (χ4v) is 2.80. The first kappa shape index (κ1) is 15.4. The second kappa shape index (κ2) is 6.66. The van der Waals surface area contributed by atoms with E-state index in [0.29, 0.717) is 22.0 Å². The summed E-state index contributed by atoms with van der Waals surface area (Å²) >= 11 is 12.0. The lowest BCUT2D eigenvalue weighted by molar-refractivity contribution is 0.443. The third kappa shape index (κ3) is 3.57. The summed E-state index contributed by atoms with van der Waals surface area (Å²) < 4.78 is 2.17. The molecule has 1 unspecified atom stereocenters. The normalized spacial score (nSPS) is 12.9. The number of aromatic nitrogens is 1. The molecule has 1 aromatic carbocycles. The second-order valence-corrected chi connectivity index (χ2v) is 6.19. The Morgan fingerprint density at radius 1 is 1.15 bits per heavy atom. The SMILES string of the molecule is CNC(c1ccn(Cc2ccc(Cl)c(Cl)c2)c1)C(C)C. The second-order valence-electron chi connectivity index (χ2n) is 5.38. The van der Waals surface area contributed by atoms with Crippen molar-refractivity contribution in [2.24, 2.45) is 5.92 Å². The van der Waals surface area contributed by atoms with Crippen molar-refractivity contribution in [3.8, 4) is 0 Å². The average molecular weight is 311 g/mol. The highest BCUT2D eigenvalue weighted by molar-refractivity contribution is 6.42. The molecule has 0 radical (unpaired) electrons. The Balaban J connectivity index is 2.14. The fourth-order valence-electron chi connectivity index (χ4n) is 2.48. The summed E-state index contributed by atoms with van der Waals surface area (Å²) in [5, 5.41) is 4.56. The fraction of sp³-hybridized carbons (Fsp3) is 0.375. The van der Waals surface area contributed by atoms with Crippen LogP contribution in [0.3, 0.4) is 0 Å². The summed E-state index contributed by atoms with van der Waals surface area (Å²) in [6.45, 7) is 5.24. The largest absolute Gasteiger partial charge is 0.350 e. The summed E-state index contributed by atoms with van der Waals surface area (Å²) in [7, 11) is 2.00. The van der Waals surface area contributed by atoms with E-state index in [1.165, 1.54) is 5.56 Å². The quantitative estimate of drug-likeness (QED) is 0.842. The molecule has 0 aliphatic heterocycles. The number of halogens is 2. The Kier molecular flexibility index (Phi) is 5.14. The van der Waals surface area contributed by atoms with Crippen molar-refractivity contribution >= 4 is 23.2 Å². The van der Waals surface area contributed by atoms with Gasteiger partial charge in [-0.05, 0) is 42.3 Å². The van der Waals surface area contributed by atoms with E-state index in [2.05, 4.69) is 42.2 Å². The Labute approximate surface area is 130 Å². The van der Waals surface area contributed by atoms with Crippen LogP contribution in [0.15, 0.2) is 36.7 Å². The van der Waals surface area contributed by atoms with Crippen LogP contribution >= 0.6 is 23.2 Å². The molecule has 1 atom stereocenters. The summed E-state index contributed by atoms with van der Waals surface area (Å²) in [5.41, 5.74) is 2.45. The van der Waals surface area contributed by atoms with Crippen LogP contribution in [0.25, 0.3) is 0 Å². The van der Waals surface area contributed by atoms with Gasteiger partial charge in [-0.3, -0.25) is 0 Å². The molecule has 0 spiro atoms. The van der Waals surface area contributed by atoms with Gasteiger partial charge in [0.2, 0.25) is 0 Å². The smallest absolute Gasteiger partial charge is 0.0595 e. The Bertz CT molecular complexity index is 576. The molecule has 2 aromatic rings. The standard InChI is InChI=1S/C16H20Cl2N2/c1-11(2)16(19-3)13-6-7-20(10-13)9-12-4-5-14(17)15(18)8-12/h4-8,10-11,16,19H,9H2,1-3H3. The van der Waals surface area contributed by atoms with Crippen LogP contribution in [0.2, 0.25) is 10.0 Å². The van der Waals surface area contributed by atoms with E-state index >= 15 is 0 Å². The van der Waals surface area contributed by atoms with Crippen LogP contribution in [0.1, 0.15) is 31.0 Å². The van der Waals surface area contributed by atoms with E-state index in [1.807, 2.05) is 25.2 Å². The molecule has 0 amide bonds. The number of nitrogens with one attached hydrogen (secondary N) is 1. The third-order valence-corrected chi connectivity index (χ3v) is 4.20. The van der Waals surface area contributed by atoms with Gasteiger partial charge in [0.05, 0.1) is 10.0 Å². The maximum Gasteiger partial charge on any atom is 0.0595 e. The van der Waals surface area contributed by atoms with E-state index in [9.17, 15) is 0 Å². The van der Waals surface area contributed by atoms with Crippen molar-refractivity contribution in [1.82, 2.24) is 9.88 Å². The Hall–Kier alpha value is -0.960. The molecule has 1 N–H and O–H groups in total. The molecular weight excluding hydrogens is 291 g/mol. The van der Waals surface area contributed by atoms with Crippen LogP contribution in [0, 0.1) is 5.92 Å². The van der Waals surface area contributed by atoms with Crippen molar-refractivity contribution in [3.63, 3.8) is 0 Å². The van der Waals surface area contributed by atoms with Crippen LogP contribution in [-0.4, -0.2) is 11.6 Å². The highest BCUT2D eigenvalue weighted by atomic mass is 35.5. The summed E-state index contributed by atoms with van der Waals surface area (Å²) in [6, 6.07) is 8.31. The first-order valence-electron chi connectivity index (χ1n) is 6.78. The minimum absolute atomic E-state index is 0.380. The highest BCUT2D eigenvalue weighted by Crippen LogP contribution is 2.24. The first-order valence-corrected chi connectivity index (χ1v) is 7.53. The van der Waals surface area contributed by atoms with E-state index in [4.69, 9.17) is 23.2 Å². The molecule has 4 heteroatoms. The number of benzene rings is 1. The van der Waals surface area contributed by atoms with Crippen molar-refractivity contribution in [2.45, 2.75) is 26.4 Å². The maximum atomic E-state index is 6.05. The van der Waals surface area contributed by atoms with Gasteiger partial charge in [-0.15, -0.1) is 0 Å². The van der Waals surface area contributed by atoms with Crippen molar-refractivity contribution in [3.05, 3.63) is 57.8 Å². The van der Waals surface area contributed by atoms with E-state index in [-0.39, 0.29) is 0 Å². The lowest BCUT2D eigenvalue weighted by atomic mass is 9.99. The van der Waals surface area contributed by atoms with Gasteiger partial charge in [-0.2, -0.15) is 0 Å². The minimum Gasteiger partial charge on any atom is -0.350 e. The number of hydrogen-bond donors (Lipinski definition) is 1. The predicted molar refractivity (Wildman–Crippen MR) is 86.6 cm³/mol. The van der Waals surface area contributed by atoms with Crippen LogP contribution in [0.5, 0.6) is 0 Å². The molecule has 2 rings (SSSR count). The van der Waals surface area contributed by atoms with E-state index < -0.39 is 0 Å². The van der Waals surface area contributed by atoms with Crippen LogP contribution in [-0.2, 0) is 6.54 Å². The number of nitrogens with zero attached hydrogens (tertiary/aromatic N) is 1. The van der Waals surface area contributed by atoms with Gasteiger partial charge < -0.3 is 9.88 Å². The molecule has 0 aliphatic rings. The molecular formula is C16H20Cl2N2. The van der Waals surface area contributed by atoms with Gasteiger partial charge in [0.15, 0.2) is 0 Å². The summed E-state index contributed by atoms with van der Waals surface area (Å²) in [4.78, 5) is 0. The molecule has 108 valence electrons. The van der Waals surface area contributed by atoms with Crippen LogP contribution < -0.4 is 5.32 Å². The van der Waals surface area contributed by atoms with Gasteiger partial charge in [0.25, 0.3) is 0 Å². The Morgan fingerprint density at radius 2 is 1.90 bits per heavy atom. The van der Waals surface area contributed by atoms with Gasteiger partial charge in [0, 0.05) is 25.0 Å². The molecule has 2 nitrogen and oxygen atoms in total. The van der Waals surface area contributed by atoms with Gasteiger partial charge in [-0.25, -0.2) is 0 Å². The lowest BCUT2D eigenvalue weighted by Crippen LogP contribution is -2.21. The number of rotatable bonds is 5. The van der Waals surface area contributed by atoms with Crippen molar-refractivity contribution in [1.29, 1.82) is 0 Å². The zero-order chi connectivity index (χ0) is 14.7. The minimum atomic E-state index is 0.380. The zero-order valence-corrected chi connectivity index (χ0v) is 13.5. The maximum absolute atomic E-state index is 6.05. The molecule has 1 heterocycles. The lowest BCUT2D eigenvalue weighted by Gasteiger charge is -2.18. The highest BCUT2D eigenvalue weighted by Gasteiger charge is 2.14. The van der Waals surface area contributed by atoms with E-state index in [0.717, 1.165) is 12.1 Å². The van der Waals surface area contributed by atoms with Gasteiger partial charge in [-0.1, -0.05) is 43.1 Å². The van der Waals surface area contributed by atoms with Crippen molar-refractivity contribution in [2.75, 3.05) is 7.05 Å². The first-order chi connectivity index (χ1) is 9.51.